The topological polar surface area (TPSA) is 66.5 Å². The number of hydrogen-bond donors (Lipinski definition) is 1. The fraction of sp³-hybridized carbons (Fsp3) is 0.316. The van der Waals surface area contributed by atoms with Crippen LogP contribution in [0.25, 0.3) is 0 Å². The molecule has 1 aliphatic carbocycles. The first kappa shape index (κ1) is 17.6. The zero-order valence-electron chi connectivity index (χ0n) is 14.2. The Morgan fingerprint density at radius 2 is 1.72 bits per heavy atom. The highest BCUT2D eigenvalue weighted by Gasteiger charge is 2.29. The summed E-state index contributed by atoms with van der Waals surface area (Å²) in [7, 11) is -3.75. The Balaban J connectivity index is 1.85. The lowest BCUT2D eigenvalue weighted by atomic mass is 10.2. The fourth-order valence-corrected chi connectivity index (χ4v) is 3.92. The molecule has 0 bridgehead atoms. The molecule has 132 valence electrons. The second-order valence-electron chi connectivity index (χ2n) is 6.41. The number of hydrogen-bond acceptors (Lipinski definition) is 3. The van der Waals surface area contributed by atoms with Gasteiger partial charge in [0, 0.05) is 12.6 Å². The molecule has 1 saturated carbocycles. The summed E-state index contributed by atoms with van der Waals surface area (Å²) in [6.07, 6.45) is 1.93. The molecule has 6 heteroatoms. The number of amides is 1. The molecule has 0 heterocycles. The van der Waals surface area contributed by atoms with E-state index in [2.05, 4.69) is 5.32 Å². The number of aryl methyl sites for hydroxylation is 1. The van der Waals surface area contributed by atoms with Crippen LogP contribution in [0.4, 0.5) is 0 Å². The highest BCUT2D eigenvalue weighted by Crippen LogP contribution is 2.21. The average molecular weight is 358 g/mol. The normalized spacial score (nSPS) is 14.5. The van der Waals surface area contributed by atoms with E-state index in [0.717, 1.165) is 24.0 Å². The van der Waals surface area contributed by atoms with Gasteiger partial charge in [0.1, 0.15) is 0 Å². The summed E-state index contributed by atoms with van der Waals surface area (Å²) >= 11 is 0. The highest BCUT2D eigenvalue weighted by molar-refractivity contribution is 7.89. The molecule has 1 N–H and O–H groups in total. The number of nitrogens with zero attached hydrogens (tertiary/aromatic N) is 1. The molecule has 0 radical (unpaired) electrons. The van der Waals surface area contributed by atoms with Crippen molar-refractivity contribution in [3.05, 3.63) is 65.7 Å². The van der Waals surface area contributed by atoms with Gasteiger partial charge in [-0.2, -0.15) is 4.31 Å². The van der Waals surface area contributed by atoms with Crippen LogP contribution in [0.1, 0.15) is 24.0 Å². The molecular weight excluding hydrogens is 336 g/mol. The third-order valence-electron chi connectivity index (χ3n) is 4.12. The molecular formula is C19H22N2O3S. The Hall–Kier alpha value is -2.18. The first-order valence-electron chi connectivity index (χ1n) is 8.35. The third-order valence-corrected chi connectivity index (χ3v) is 5.93. The molecule has 1 fully saturated rings. The Labute approximate surface area is 148 Å². The van der Waals surface area contributed by atoms with Gasteiger partial charge in [-0.1, -0.05) is 48.0 Å². The molecule has 1 amide bonds. The summed E-state index contributed by atoms with van der Waals surface area (Å²) in [5.41, 5.74) is 1.83. The van der Waals surface area contributed by atoms with Gasteiger partial charge >= 0.3 is 0 Å². The van der Waals surface area contributed by atoms with Gasteiger partial charge in [-0.3, -0.25) is 4.79 Å². The standard InChI is InChI=1S/C19H22N2O3S/c1-15-7-11-18(12-8-15)25(23,24)21(13-16-5-3-2-4-6-16)14-19(22)20-17-9-10-17/h2-8,11-12,17H,9-10,13-14H2,1H3,(H,20,22). The number of carbonyl (C=O) groups excluding carboxylic acids is 1. The van der Waals surface area contributed by atoms with E-state index in [4.69, 9.17) is 0 Å². The molecule has 0 aromatic heterocycles. The van der Waals surface area contributed by atoms with Gasteiger partial charge in [0.05, 0.1) is 11.4 Å². The van der Waals surface area contributed by atoms with Gasteiger partial charge in [0.2, 0.25) is 15.9 Å². The largest absolute Gasteiger partial charge is 0.352 e. The molecule has 0 aliphatic heterocycles. The number of nitrogens with one attached hydrogen (secondary N) is 1. The molecule has 2 aromatic rings. The van der Waals surface area contributed by atoms with E-state index in [0.29, 0.717) is 0 Å². The molecule has 0 atom stereocenters. The van der Waals surface area contributed by atoms with Gasteiger partial charge in [-0.25, -0.2) is 8.42 Å². The van der Waals surface area contributed by atoms with Gasteiger partial charge in [0.15, 0.2) is 0 Å². The van der Waals surface area contributed by atoms with Gasteiger partial charge in [0.25, 0.3) is 0 Å². The van der Waals surface area contributed by atoms with Crippen LogP contribution in [-0.2, 0) is 21.4 Å². The Morgan fingerprint density at radius 3 is 2.32 bits per heavy atom. The number of sulfonamides is 1. The second kappa shape index (κ2) is 7.37. The van der Waals surface area contributed by atoms with Crippen LogP contribution in [-0.4, -0.2) is 31.2 Å². The maximum atomic E-state index is 13.0. The van der Waals surface area contributed by atoms with Crippen LogP contribution >= 0.6 is 0 Å². The maximum Gasteiger partial charge on any atom is 0.243 e. The fourth-order valence-electron chi connectivity index (χ4n) is 2.53. The van der Waals surface area contributed by atoms with Crippen molar-refractivity contribution in [3.8, 4) is 0 Å². The van der Waals surface area contributed by atoms with Gasteiger partial charge in [-0.05, 0) is 37.5 Å². The highest BCUT2D eigenvalue weighted by atomic mass is 32.2. The molecule has 0 unspecified atom stereocenters. The zero-order chi connectivity index (χ0) is 17.9. The van der Waals surface area contributed by atoms with Crippen molar-refractivity contribution in [1.82, 2.24) is 9.62 Å². The van der Waals surface area contributed by atoms with Crippen molar-refractivity contribution in [2.24, 2.45) is 0 Å². The predicted octanol–water partition coefficient (Wildman–Crippen LogP) is 2.46. The van der Waals surface area contributed by atoms with E-state index in [1.807, 2.05) is 37.3 Å². The molecule has 0 saturated heterocycles. The number of rotatable bonds is 7. The lowest BCUT2D eigenvalue weighted by Crippen LogP contribution is -2.41. The molecule has 3 rings (SSSR count). The van der Waals surface area contributed by atoms with Crippen molar-refractivity contribution in [2.45, 2.75) is 37.2 Å². The summed E-state index contributed by atoms with van der Waals surface area (Å²) < 4.78 is 27.3. The Kier molecular flexibility index (Phi) is 5.20. The Bertz CT molecular complexity index is 829. The van der Waals surface area contributed by atoms with Crippen LogP contribution in [0.3, 0.4) is 0 Å². The predicted molar refractivity (Wildman–Crippen MR) is 96.4 cm³/mol. The van der Waals surface area contributed by atoms with Crippen molar-refractivity contribution in [3.63, 3.8) is 0 Å². The summed E-state index contributed by atoms with van der Waals surface area (Å²) in [6.45, 7) is 1.89. The summed E-state index contributed by atoms with van der Waals surface area (Å²) in [5, 5.41) is 2.86. The van der Waals surface area contributed by atoms with E-state index in [1.54, 1.807) is 24.3 Å². The van der Waals surface area contributed by atoms with E-state index < -0.39 is 10.0 Å². The van der Waals surface area contributed by atoms with Gasteiger partial charge in [-0.15, -0.1) is 0 Å². The minimum Gasteiger partial charge on any atom is -0.352 e. The van der Waals surface area contributed by atoms with Crippen molar-refractivity contribution >= 4 is 15.9 Å². The van der Waals surface area contributed by atoms with E-state index in [-0.39, 0.29) is 29.9 Å². The van der Waals surface area contributed by atoms with Crippen LogP contribution in [0, 0.1) is 6.92 Å². The second-order valence-corrected chi connectivity index (χ2v) is 8.35. The summed E-state index contributed by atoms with van der Waals surface area (Å²) in [6, 6.07) is 16.2. The lowest BCUT2D eigenvalue weighted by Gasteiger charge is -2.22. The molecule has 0 spiro atoms. The van der Waals surface area contributed by atoms with E-state index >= 15 is 0 Å². The molecule has 5 nitrogen and oxygen atoms in total. The zero-order valence-corrected chi connectivity index (χ0v) is 15.0. The lowest BCUT2D eigenvalue weighted by molar-refractivity contribution is -0.121. The maximum absolute atomic E-state index is 13.0. The van der Waals surface area contributed by atoms with E-state index in [9.17, 15) is 13.2 Å². The Morgan fingerprint density at radius 1 is 1.08 bits per heavy atom. The first-order chi connectivity index (χ1) is 11.9. The smallest absolute Gasteiger partial charge is 0.243 e. The van der Waals surface area contributed by atoms with Crippen molar-refractivity contribution in [2.75, 3.05) is 6.54 Å². The van der Waals surface area contributed by atoms with Crippen LogP contribution in [0.5, 0.6) is 0 Å². The molecule has 2 aromatic carbocycles. The van der Waals surface area contributed by atoms with E-state index in [1.165, 1.54) is 4.31 Å². The minimum absolute atomic E-state index is 0.162. The molecule has 25 heavy (non-hydrogen) atoms. The third kappa shape index (κ3) is 4.67. The summed E-state index contributed by atoms with van der Waals surface area (Å²) in [4.78, 5) is 12.4. The summed E-state index contributed by atoms with van der Waals surface area (Å²) in [5.74, 6) is -0.255. The quantitative estimate of drug-likeness (QED) is 0.827. The minimum atomic E-state index is -3.75. The van der Waals surface area contributed by atoms with Crippen LogP contribution in [0.15, 0.2) is 59.5 Å². The van der Waals surface area contributed by atoms with Gasteiger partial charge < -0.3 is 5.32 Å². The first-order valence-corrected chi connectivity index (χ1v) is 9.79. The molecule has 1 aliphatic rings. The van der Waals surface area contributed by atoms with Crippen LogP contribution in [0.2, 0.25) is 0 Å². The van der Waals surface area contributed by atoms with Crippen molar-refractivity contribution < 1.29 is 13.2 Å². The monoisotopic (exact) mass is 358 g/mol. The SMILES string of the molecule is Cc1ccc(S(=O)(=O)N(CC(=O)NC2CC2)Cc2ccccc2)cc1. The number of benzene rings is 2. The van der Waals surface area contributed by atoms with Crippen LogP contribution < -0.4 is 5.32 Å². The van der Waals surface area contributed by atoms with Crippen molar-refractivity contribution in [1.29, 1.82) is 0 Å². The number of carbonyl (C=O) groups is 1. The average Bonchev–Trinajstić information content (AvgIpc) is 3.39.